The Morgan fingerprint density at radius 3 is 2.67 bits per heavy atom. The van der Waals surface area contributed by atoms with Crippen molar-refractivity contribution in [1.29, 1.82) is 0 Å². The van der Waals surface area contributed by atoms with Crippen LogP contribution in [0.3, 0.4) is 0 Å². The first-order valence-electron chi connectivity index (χ1n) is 9.99. The van der Waals surface area contributed by atoms with Crippen LogP contribution in [0, 0.1) is 0 Å². The molecule has 2 aliphatic heterocycles. The highest BCUT2D eigenvalue weighted by atomic mass is 16.6. The van der Waals surface area contributed by atoms with Crippen molar-refractivity contribution in [3.05, 3.63) is 48.0 Å². The van der Waals surface area contributed by atoms with Crippen LogP contribution in [0.1, 0.15) is 12.0 Å². The summed E-state index contributed by atoms with van der Waals surface area (Å²) in [6.45, 7) is 1.94. The lowest BCUT2D eigenvalue weighted by Crippen LogP contribution is -2.43. The molecule has 0 spiro atoms. The molecule has 3 amide bonds. The van der Waals surface area contributed by atoms with E-state index < -0.39 is 0 Å². The summed E-state index contributed by atoms with van der Waals surface area (Å²) in [5.41, 5.74) is 1.85. The molecule has 2 aliphatic rings. The van der Waals surface area contributed by atoms with Gasteiger partial charge in [0.15, 0.2) is 11.5 Å². The molecular formula is C22H25N3O5. The molecule has 2 heterocycles. The number of nitrogens with zero attached hydrogens (tertiary/aromatic N) is 1. The van der Waals surface area contributed by atoms with Gasteiger partial charge >= 0.3 is 6.03 Å². The molecule has 0 bridgehead atoms. The summed E-state index contributed by atoms with van der Waals surface area (Å²) in [4.78, 5) is 26.3. The zero-order chi connectivity index (χ0) is 20.9. The van der Waals surface area contributed by atoms with Crippen LogP contribution < -0.4 is 29.7 Å². The van der Waals surface area contributed by atoms with E-state index in [-0.39, 0.29) is 24.4 Å². The predicted octanol–water partition coefficient (Wildman–Crippen LogP) is 2.11. The van der Waals surface area contributed by atoms with Gasteiger partial charge in [-0.1, -0.05) is 12.1 Å². The van der Waals surface area contributed by atoms with Gasteiger partial charge in [-0.25, -0.2) is 4.79 Å². The lowest BCUT2D eigenvalue weighted by atomic mass is 10.1. The summed E-state index contributed by atoms with van der Waals surface area (Å²) in [5.74, 6) is 2.09. The maximum Gasteiger partial charge on any atom is 0.315 e. The maximum absolute atomic E-state index is 12.5. The molecule has 1 saturated heterocycles. The molecule has 0 radical (unpaired) electrons. The highest BCUT2D eigenvalue weighted by molar-refractivity contribution is 5.97. The van der Waals surface area contributed by atoms with Crippen LogP contribution in [0.15, 0.2) is 42.5 Å². The number of nitrogens with one attached hydrogen (secondary N) is 2. The number of fused-ring (bicyclic) bond motifs is 1. The lowest BCUT2D eigenvalue weighted by molar-refractivity contribution is -0.117. The Kier molecular flexibility index (Phi) is 5.92. The Labute approximate surface area is 175 Å². The Morgan fingerprint density at radius 2 is 1.90 bits per heavy atom. The van der Waals surface area contributed by atoms with E-state index in [1.807, 2.05) is 42.5 Å². The van der Waals surface area contributed by atoms with Crippen LogP contribution in [0.5, 0.6) is 17.2 Å². The largest absolute Gasteiger partial charge is 0.497 e. The van der Waals surface area contributed by atoms with Crippen LogP contribution in [0.4, 0.5) is 10.5 Å². The third-order valence-electron chi connectivity index (χ3n) is 5.16. The summed E-state index contributed by atoms with van der Waals surface area (Å²) in [6, 6.07) is 12.7. The van der Waals surface area contributed by atoms with E-state index in [2.05, 4.69) is 10.6 Å². The highest BCUT2D eigenvalue weighted by Crippen LogP contribution is 2.35. The van der Waals surface area contributed by atoms with Crippen molar-refractivity contribution in [2.45, 2.75) is 18.9 Å². The minimum atomic E-state index is -0.273. The fourth-order valence-corrected chi connectivity index (χ4v) is 3.60. The van der Waals surface area contributed by atoms with Crippen LogP contribution in [-0.2, 0) is 11.2 Å². The van der Waals surface area contributed by atoms with Gasteiger partial charge in [0.2, 0.25) is 5.91 Å². The molecular weight excluding hydrogens is 386 g/mol. The number of ether oxygens (including phenoxy) is 3. The number of amides is 3. The first-order valence-corrected chi connectivity index (χ1v) is 9.99. The molecule has 0 aromatic heterocycles. The Bertz CT molecular complexity index is 915. The SMILES string of the molecule is COc1ccc(CCNC(=O)N[C@H]2CC(=O)N(c3ccc4c(c3)OCCO4)C2)cc1. The molecule has 2 N–H and O–H groups in total. The highest BCUT2D eigenvalue weighted by Gasteiger charge is 2.32. The van der Waals surface area contributed by atoms with E-state index in [0.29, 0.717) is 44.2 Å². The third kappa shape index (κ3) is 4.59. The second kappa shape index (κ2) is 8.94. The molecule has 4 rings (SSSR count). The number of carbonyl (C=O) groups is 2. The summed E-state index contributed by atoms with van der Waals surface area (Å²) in [7, 11) is 1.63. The van der Waals surface area contributed by atoms with E-state index in [0.717, 1.165) is 17.0 Å². The van der Waals surface area contributed by atoms with E-state index in [1.165, 1.54) is 0 Å². The van der Waals surface area contributed by atoms with Gasteiger partial charge in [0, 0.05) is 31.3 Å². The summed E-state index contributed by atoms with van der Waals surface area (Å²) in [5, 5.41) is 5.74. The van der Waals surface area contributed by atoms with Crippen molar-refractivity contribution in [1.82, 2.24) is 10.6 Å². The summed E-state index contributed by atoms with van der Waals surface area (Å²) >= 11 is 0. The fraction of sp³-hybridized carbons (Fsp3) is 0.364. The Balaban J connectivity index is 1.26. The van der Waals surface area contributed by atoms with E-state index in [4.69, 9.17) is 14.2 Å². The number of urea groups is 1. The average molecular weight is 411 g/mol. The third-order valence-corrected chi connectivity index (χ3v) is 5.16. The summed E-state index contributed by atoms with van der Waals surface area (Å²) < 4.78 is 16.3. The van der Waals surface area contributed by atoms with Crippen molar-refractivity contribution in [2.24, 2.45) is 0 Å². The molecule has 0 saturated carbocycles. The molecule has 8 heteroatoms. The molecule has 0 aliphatic carbocycles. The van der Waals surface area contributed by atoms with Crippen LogP contribution >= 0.6 is 0 Å². The summed E-state index contributed by atoms with van der Waals surface area (Å²) in [6.07, 6.45) is 0.977. The molecule has 0 unspecified atom stereocenters. The fourth-order valence-electron chi connectivity index (χ4n) is 3.60. The van der Waals surface area contributed by atoms with Crippen molar-refractivity contribution in [3.63, 3.8) is 0 Å². The van der Waals surface area contributed by atoms with Crippen LogP contribution in [0.25, 0.3) is 0 Å². The normalized spacial score (nSPS) is 17.6. The monoisotopic (exact) mass is 411 g/mol. The maximum atomic E-state index is 12.5. The molecule has 8 nitrogen and oxygen atoms in total. The van der Waals surface area contributed by atoms with Gasteiger partial charge in [-0.05, 0) is 36.2 Å². The number of benzene rings is 2. The first-order chi connectivity index (χ1) is 14.6. The van der Waals surface area contributed by atoms with E-state index >= 15 is 0 Å². The van der Waals surface area contributed by atoms with Crippen molar-refractivity contribution in [3.8, 4) is 17.2 Å². The van der Waals surface area contributed by atoms with Crippen LogP contribution in [0.2, 0.25) is 0 Å². The topological polar surface area (TPSA) is 89.1 Å². The number of methoxy groups -OCH3 is 1. The number of carbonyl (C=O) groups excluding carboxylic acids is 2. The van der Waals surface area contributed by atoms with Crippen LogP contribution in [-0.4, -0.2) is 51.4 Å². The number of hydrogen-bond acceptors (Lipinski definition) is 5. The van der Waals surface area contributed by atoms with Gasteiger partial charge in [-0.15, -0.1) is 0 Å². The molecule has 1 atom stereocenters. The van der Waals surface area contributed by atoms with Gasteiger partial charge in [-0.3, -0.25) is 4.79 Å². The number of rotatable bonds is 6. The van der Waals surface area contributed by atoms with Gasteiger partial charge in [-0.2, -0.15) is 0 Å². The van der Waals surface area contributed by atoms with Crippen molar-refractivity contribution in [2.75, 3.05) is 38.3 Å². The quantitative estimate of drug-likeness (QED) is 0.760. The zero-order valence-electron chi connectivity index (χ0n) is 16.8. The minimum absolute atomic E-state index is 0.0322. The lowest BCUT2D eigenvalue weighted by Gasteiger charge is -2.22. The van der Waals surface area contributed by atoms with Gasteiger partial charge in [0.25, 0.3) is 0 Å². The van der Waals surface area contributed by atoms with Gasteiger partial charge < -0.3 is 29.7 Å². The molecule has 158 valence electrons. The average Bonchev–Trinajstić information content (AvgIpc) is 3.13. The zero-order valence-corrected chi connectivity index (χ0v) is 16.8. The molecule has 2 aromatic carbocycles. The standard InChI is InChI=1S/C22H25N3O5/c1-28-18-5-2-15(3-6-18)8-9-23-22(27)24-16-12-21(26)25(14-16)17-4-7-19-20(13-17)30-11-10-29-19/h2-7,13,16H,8-12,14H2,1H3,(H2,23,24,27)/t16-/m0/s1. The second-order valence-electron chi connectivity index (χ2n) is 7.23. The van der Waals surface area contributed by atoms with Gasteiger partial charge in [0.1, 0.15) is 19.0 Å². The van der Waals surface area contributed by atoms with Crippen molar-refractivity contribution < 1.29 is 23.8 Å². The molecule has 30 heavy (non-hydrogen) atoms. The van der Waals surface area contributed by atoms with Crippen molar-refractivity contribution >= 4 is 17.6 Å². The van der Waals surface area contributed by atoms with Gasteiger partial charge in [0.05, 0.1) is 13.2 Å². The first kappa shape index (κ1) is 19.9. The smallest absolute Gasteiger partial charge is 0.315 e. The second-order valence-corrected chi connectivity index (χ2v) is 7.23. The Hall–Kier alpha value is -3.42. The molecule has 1 fully saturated rings. The molecule has 2 aromatic rings. The number of anilines is 1. The Morgan fingerprint density at radius 1 is 1.13 bits per heavy atom. The minimum Gasteiger partial charge on any atom is -0.497 e. The van der Waals surface area contributed by atoms with E-state index in [1.54, 1.807) is 12.0 Å². The predicted molar refractivity (Wildman–Crippen MR) is 111 cm³/mol. The van der Waals surface area contributed by atoms with E-state index in [9.17, 15) is 9.59 Å². The number of hydrogen-bond donors (Lipinski definition) is 2.